The molecular formula is C24H15BrN4O5. The quantitative estimate of drug-likeness (QED) is 0.318. The molecule has 0 bridgehead atoms. The number of carbonyl (C=O) groups excluding carboxylic acids is 2. The number of nitrogens with one attached hydrogen (secondary N) is 1. The predicted octanol–water partition coefficient (Wildman–Crippen LogP) is 3.09. The van der Waals surface area contributed by atoms with Crippen LogP contribution in [-0.2, 0) is 0 Å². The number of H-pyrrole nitrogens is 1. The Morgan fingerprint density at radius 3 is 2.38 bits per heavy atom. The van der Waals surface area contributed by atoms with Crippen molar-refractivity contribution in [1.82, 2.24) is 14.6 Å². The predicted molar refractivity (Wildman–Crippen MR) is 129 cm³/mol. The molecule has 168 valence electrons. The van der Waals surface area contributed by atoms with Gasteiger partial charge in [0, 0.05) is 9.86 Å². The second-order valence-electron chi connectivity index (χ2n) is 7.61. The third-order valence-corrected chi connectivity index (χ3v) is 6.30. The van der Waals surface area contributed by atoms with Crippen LogP contribution in [0.25, 0.3) is 16.5 Å². The van der Waals surface area contributed by atoms with Crippen molar-refractivity contribution in [1.29, 1.82) is 0 Å². The van der Waals surface area contributed by atoms with Gasteiger partial charge in [-0.25, -0.2) is 9.36 Å². The SMILES string of the molecule is Cc1ccccc1-n1c(O)c(C=NN2C(=O)c3cccc4c(Br)ccc(c34)C2=O)c(=O)[nH]c1=O. The Labute approximate surface area is 199 Å². The van der Waals surface area contributed by atoms with Crippen LogP contribution < -0.4 is 11.2 Å². The Balaban J connectivity index is 1.63. The summed E-state index contributed by atoms with van der Waals surface area (Å²) in [5.41, 5.74) is -0.575. The summed E-state index contributed by atoms with van der Waals surface area (Å²) in [6.07, 6.45) is 0.891. The molecule has 0 saturated carbocycles. The maximum Gasteiger partial charge on any atom is 0.335 e. The van der Waals surface area contributed by atoms with Gasteiger partial charge in [-0.2, -0.15) is 10.1 Å². The average Bonchev–Trinajstić information content (AvgIpc) is 2.81. The highest BCUT2D eigenvalue weighted by atomic mass is 79.9. The number of aromatic amines is 1. The highest BCUT2D eigenvalue weighted by Gasteiger charge is 2.33. The van der Waals surface area contributed by atoms with Gasteiger partial charge in [0.05, 0.1) is 23.0 Å². The molecule has 1 aliphatic rings. The first-order valence-electron chi connectivity index (χ1n) is 10.1. The Bertz CT molecular complexity index is 1660. The second-order valence-corrected chi connectivity index (χ2v) is 8.46. The van der Waals surface area contributed by atoms with Gasteiger partial charge in [0.2, 0.25) is 5.88 Å². The normalized spacial score (nSPS) is 13.3. The molecule has 0 fully saturated rings. The van der Waals surface area contributed by atoms with Crippen LogP contribution in [0.4, 0.5) is 0 Å². The van der Waals surface area contributed by atoms with Crippen molar-refractivity contribution in [3.8, 4) is 11.6 Å². The molecule has 0 spiro atoms. The zero-order valence-electron chi connectivity index (χ0n) is 17.6. The molecule has 0 unspecified atom stereocenters. The van der Waals surface area contributed by atoms with Crippen molar-refractivity contribution in [2.45, 2.75) is 6.92 Å². The smallest absolute Gasteiger partial charge is 0.335 e. The van der Waals surface area contributed by atoms with Gasteiger partial charge in [0.15, 0.2) is 0 Å². The molecule has 0 radical (unpaired) electrons. The minimum Gasteiger partial charge on any atom is -0.493 e. The van der Waals surface area contributed by atoms with Crippen LogP contribution in [0.2, 0.25) is 0 Å². The number of benzene rings is 3. The van der Waals surface area contributed by atoms with E-state index in [-0.39, 0.29) is 16.7 Å². The molecular weight excluding hydrogens is 504 g/mol. The number of aryl methyl sites for hydroxylation is 1. The summed E-state index contributed by atoms with van der Waals surface area (Å²) in [5.74, 6) is -2.03. The van der Waals surface area contributed by atoms with Gasteiger partial charge in [-0.3, -0.25) is 19.4 Å². The third-order valence-electron chi connectivity index (χ3n) is 5.61. The molecule has 5 rings (SSSR count). The lowest BCUT2D eigenvalue weighted by Gasteiger charge is -2.23. The number of imide groups is 1. The van der Waals surface area contributed by atoms with E-state index < -0.39 is 28.9 Å². The van der Waals surface area contributed by atoms with Crippen LogP contribution in [0.1, 0.15) is 31.8 Å². The van der Waals surface area contributed by atoms with Crippen LogP contribution in [0.15, 0.2) is 73.8 Å². The van der Waals surface area contributed by atoms with E-state index in [1.807, 2.05) is 0 Å². The van der Waals surface area contributed by atoms with Gasteiger partial charge in [0.1, 0.15) is 5.56 Å². The number of carbonyl (C=O) groups is 2. The van der Waals surface area contributed by atoms with E-state index in [4.69, 9.17) is 0 Å². The highest BCUT2D eigenvalue weighted by molar-refractivity contribution is 9.10. The van der Waals surface area contributed by atoms with Crippen LogP contribution in [0, 0.1) is 6.92 Å². The van der Waals surface area contributed by atoms with E-state index in [1.54, 1.807) is 61.5 Å². The lowest BCUT2D eigenvalue weighted by atomic mass is 9.95. The zero-order valence-corrected chi connectivity index (χ0v) is 19.2. The van der Waals surface area contributed by atoms with Gasteiger partial charge < -0.3 is 5.11 Å². The summed E-state index contributed by atoms with van der Waals surface area (Å²) in [4.78, 5) is 53.1. The summed E-state index contributed by atoms with van der Waals surface area (Å²) in [6, 6.07) is 15.1. The first-order chi connectivity index (χ1) is 16.3. The van der Waals surface area contributed by atoms with Gasteiger partial charge in [-0.15, -0.1) is 0 Å². The van der Waals surface area contributed by atoms with Gasteiger partial charge in [-0.05, 0) is 42.1 Å². The average molecular weight is 519 g/mol. The lowest BCUT2D eigenvalue weighted by Crippen LogP contribution is -2.37. The summed E-state index contributed by atoms with van der Waals surface area (Å²) < 4.78 is 1.66. The van der Waals surface area contributed by atoms with Crippen molar-refractivity contribution < 1.29 is 14.7 Å². The molecule has 2 amide bonds. The number of aromatic nitrogens is 2. The lowest BCUT2D eigenvalue weighted by molar-refractivity contribution is 0.0616. The number of para-hydroxylation sites is 1. The summed E-state index contributed by atoms with van der Waals surface area (Å²) in [6.45, 7) is 1.74. The Kier molecular flexibility index (Phi) is 5.02. The Morgan fingerprint density at radius 1 is 0.941 bits per heavy atom. The standard InChI is InChI=1S/C24H15BrN4O5/c1-12-5-2-3-8-18(12)28-21(31)16(20(30)27-24(28)34)11-26-29-22(32)14-7-4-6-13-17(25)10-9-15(19(13)14)23(29)33/h2-11,31H,1H3,(H,27,30,34). The van der Waals surface area contributed by atoms with Crippen molar-refractivity contribution in [3.05, 3.63) is 102 Å². The summed E-state index contributed by atoms with van der Waals surface area (Å²) >= 11 is 3.43. The molecule has 10 heteroatoms. The fraction of sp³-hybridized carbons (Fsp3) is 0.0417. The number of aromatic hydroxyl groups is 1. The van der Waals surface area contributed by atoms with Crippen LogP contribution in [0.3, 0.4) is 0 Å². The molecule has 1 aromatic heterocycles. The second kappa shape index (κ2) is 7.92. The number of hydrogen-bond donors (Lipinski definition) is 2. The van der Waals surface area contributed by atoms with Gasteiger partial charge >= 0.3 is 5.69 Å². The fourth-order valence-electron chi connectivity index (χ4n) is 3.96. The van der Waals surface area contributed by atoms with Crippen LogP contribution in [0.5, 0.6) is 5.88 Å². The topological polar surface area (TPSA) is 125 Å². The molecule has 9 nitrogen and oxygen atoms in total. The fourth-order valence-corrected chi connectivity index (χ4v) is 4.42. The number of hydrazone groups is 1. The summed E-state index contributed by atoms with van der Waals surface area (Å²) in [7, 11) is 0. The monoisotopic (exact) mass is 518 g/mol. The van der Waals surface area contributed by atoms with E-state index in [9.17, 15) is 24.3 Å². The van der Waals surface area contributed by atoms with Crippen molar-refractivity contribution in [3.63, 3.8) is 0 Å². The molecule has 0 saturated heterocycles. The maximum atomic E-state index is 13.1. The number of amides is 2. The minimum absolute atomic E-state index is 0.272. The molecule has 2 N–H and O–H groups in total. The Hall–Kier alpha value is -4.31. The highest BCUT2D eigenvalue weighted by Crippen LogP contribution is 2.34. The minimum atomic E-state index is -0.917. The largest absolute Gasteiger partial charge is 0.493 e. The molecule has 4 aromatic rings. The molecule has 3 aromatic carbocycles. The zero-order chi connectivity index (χ0) is 24.1. The number of rotatable bonds is 3. The van der Waals surface area contributed by atoms with Crippen molar-refractivity contribution >= 4 is 44.7 Å². The first-order valence-corrected chi connectivity index (χ1v) is 10.9. The van der Waals surface area contributed by atoms with Crippen molar-refractivity contribution in [2.24, 2.45) is 5.10 Å². The van der Waals surface area contributed by atoms with Crippen LogP contribution >= 0.6 is 15.9 Å². The third kappa shape index (κ3) is 3.19. The number of hydrogen-bond acceptors (Lipinski definition) is 6. The molecule has 1 aliphatic heterocycles. The maximum absolute atomic E-state index is 13.1. The van der Waals surface area contributed by atoms with Gasteiger partial charge in [-0.1, -0.05) is 46.3 Å². The first kappa shape index (κ1) is 21.5. The Morgan fingerprint density at radius 2 is 1.65 bits per heavy atom. The number of nitrogens with zero attached hydrogens (tertiary/aromatic N) is 3. The molecule has 34 heavy (non-hydrogen) atoms. The van der Waals surface area contributed by atoms with Gasteiger partial charge in [0.25, 0.3) is 17.4 Å². The van der Waals surface area contributed by atoms with E-state index >= 15 is 0 Å². The summed E-state index contributed by atoms with van der Waals surface area (Å²) in [5, 5.41) is 16.5. The molecule has 0 atom stereocenters. The van der Waals surface area contributed by atoms with E-state index in [0.29, 0.717) is 27.0 Å². The number of halogens is 1. The van der Waals surface area contributed by atoms with E-state index in [2.05, 4.69) is 26.0 Å². The van der Waals surface area contributed by atoms with Crippen molar-refractivity contribution in [2.75, 3.05) is 0 Å². The molecule has 0 aliphatic carbocycles. The van der Waals surface area contributed by atoms with E-state index in [0.717, 1.165) is 15.3 Å². The molecule has 2 heterocycles. The van der Waals surface area contributed by atoms with Crippen LogP contribution in [-0.4, -0.2) is 37.7 Å². The van der Waals surface area contributed by atoms with E-state index in [1.165, 1.54) is 0 Å².